The van der Waals surface area contributed by atoms with Gasteiger partial charge in [0.15, 0.2) is 0 Å². The van der Waals surface area contributed by atoms with Crippen molar-refractivity contribution >= 4 is 22.0 Å². The lowest BCUT2D eigenvalue weighted by Crippen LogP contribution is -2.45. The molecule has 2 heterocycles. The summed E-state index contributed by atoms with van der Waals surface area (Å²) in [6.07, 6.45) is 1.34. The van der Waals surface area contributed by atoms with E-state index in [0.29, 0.717) is 25.8 Å². The number of benzene rings is 1. The van der Waals surface area contributed by atoms with Gasteiger partial charge in [0.25, 0.3) is 0 Å². The van der Waals surface area contributed by atoms with E-state index < -0.39 is 21.4 Å². The van der Waals surface area contributed by atoms with Crippen molar-refractivity contribution in [3.05, 3.63) is 29.8 Å². The van der Waals surface area contributed by atoms with Crippen LogP contribution in [0.25, 0.3) is 0 Å². The van der Waals surface area contributed by atoms with Crippen LogP contribution in [0.3, 0.4) is 0 Å². The number of carbonyl (C=O) groups excluding carboxylic acids is 2. The molecule has 1 unspecified atom stereocenters. The Kier molecular flexibility index (Phi) is 5.79. The summed E-state index contributed by atoms with van der Waals surface area (Å²) in [5.74, 6) is -0.806. The fraction of sp³-hybridized carbons (Fsp3) is 0.579. The first-order valence-corrected chi connectivity index (χ1v) is 10.7. The normalized spacial score (nSPS) is 22.4. The van der Waals surface area contributed by atoms with Crippen LogP contribution in [-0.2, 0) is 24.3 Å². The van der Waals surface area contributed by atoms with Gasteiger partial charge in [-0.25, -0.2) is 13.2 Å². The van der Waals surface area contributed by atoms with Crippen LogP contribution in [0.4, 0.5) is 0 Å². The Morgan fingerprint density at radius 1 is 1.32 bits per heavy atom. The average molecular weight is 410 g/mol. The summed E-state index contributed by atoms with van der Waals surface area (Å²) in [5, 5.41) is 0. The second-order valence-corrected chi connectivity index (χ2v) is 9.64. The Bertz CT molecular complexity index is 859. The number of hydrogen-bond acceptors (Lipinski definition) is 7. The Hall–Kier alpha value is -1.97. The molecule has 0 aliphatic carbocycles. The molecule has 2 fully saturated rings. The van der Waals surface area contributed by atoms with Gasteiger partial charge in [0.1, 0.15) is 6.10 Å². The molecule has 9 heteroatoms. The zero-order valence-corrected chi connectivity index (χ0v) is 17.2. The second-order valence-electron chi connectivity index (χ2n) is 7.70. The predicted octanol–water partition coefficient (Wildman–Crippen LogP) is 1.12. The van der Waals surface area contributed by atoms with Crippen LogP contribution in [0.2, 0.25) is 0 Å². The summed E-state index contributed by atoms with van der Waals surface area (Å²) in [6, 6.07) is 5.81. The van der Waals surface area contributed by atoms with Crippen molar-refractivity contribution in [1.82, 2.24) is 9.21 Å². The number of cyclic esters (lactones) is 1. The Balaban J connectivity index is 1.72. The predicted molar refractivity (Wildman–Crippen MR) is 101 cm³/mol. The molecule has 2 aliphatic heterocycles. The van der Waals surface area contributed by atoms with Gasteiger partial charge in [-0.05, 0) is 45.1 Å². The van der Waals surface area contributed by atoms with Crippen molar-refractivity contribution in [1.29, 1.82) is 0 Å². The van der Waals surface area contributed by atoms with Crippen molar-refractivity contribution in [2.24, 2.45) is 5.41 Å². The van der Waals surface area contributed by atoms with E-state index in [2.05, 4.69) is 4.74 Å². The molecule has 154 valence electrons. The highest BCUT2D eigenvalue weighted by molar-refractivity contribution is 7.89. The quantitative estimate of drug-likeness (QED) is 0.672. The van der Waals surface area contributed by atoms with E-state index in [1.165, 1.54) is 35.7 Å². The Labute approximate surface area is 165 Å². The molecule has 0 N–H and O–H groups in total. The fourth-order valence-corrected chi connectivity index (χ4v) is 5.45. The second kappa shape index (κ2) is 7.81. The third-order valence-corrected chi connectivity index (χ3v) is 7.36. The van der Waals surface area contributed by atoms with E-state index in [9.17, 15) is 18.0 Å². The molecule has 0 amide bonds. The maximum Gasteiger partial charge on any atom is 0.337 e. The van der Waals surface area contributed by atoms with Gasteiger partial charge in [-0.2, -0.15) is 4.31 Å². The molecular weight excluding hydrogens is 384 g/mol. The first-order chi connectivity index (χ1) is 13.2. The Morgan fingerprint density at radius 3 is 2.61 bits per heavy atom. The number of likely N-dealkylation sites (N-methyl/N-ethyl adjacent to an activating group) is 1. The zero-order chi connectivity index (χ0) is 20.5. The summed E-state index contributed by atoms with van der Waals surface area (Å²) < 4.78 is 37.6. The lowest BCUT2D eigenvalue weighted by atomic mass is 9.76. The number of piperidine rings is 1. The fourth-order valence-electron chi connectivity index (χ4n) is 3.96. The number of hydrogen-bond donors (Lipinski definition) is 0. The van der Waals surface area contributed by atoms with Crippen molar-refractivity contribution in [3.8, 4) is 0 Å². The minimum Gasteiger partial charge on any atom is -0.465 e. The molecule has 0 aromatic heterocycles. The molecule has 0 radical (unpaired) electrons. The SMILES string of the molecule is COC(=O)c1cccc(S(=O)(=O)N2CCC3(CC2)CC(CN(C)C)OC3=O)c1. The molecule has 2 saturated heterocycles. The highest BCUT2D eigenvalue weighted by atomic mass is 32.2. The maximum atomic E-state index is 13.0. The van der Waals surface area contributed by atoms with E-state index in [1.807, 2.05) is 19.0 Å². The average Bonchev–Trinajstić information content (AvgIpc) is 2.95. The molecular formula is C19H26N2O6S. The first kappa shape index (κ1) is 20.8. The van der Waals surface area contributed by atoms with Crippen molar-refractivity contribution in [2.45, 2.75) is 30.3 Å². The van der Waals surface area contributed by atoms with Crippen LogP contribution < -0.4 is 0 Å². The summed E-state index contributed by atoms with van der Waals surface area (Å²) in [7, 11) is 1.34. The summed E-state index contributed by atoms with van der Waals surface area (Å²) >= 11 is 0. The molecule has 2 aliphatic rings. The van der Waals surface area contributed by atoms with E-state index in [4.69, 9.17) is 4.74 Å². The van der Waals surface area contributed by atoms with Gasteiger partial charge in [-0.15, -0.1) is 0 Å². The molecule has 1 aromatic carbocycles. The number of methoxy groups -OCH3 is 1. The minimum atomic E-state index is -3.76. The maximum absolute atomic E-state index is 13.0. The van der Waals surface area contributed by atoms with Gasteiger partial charge in [-0.3, -0.25) is 4.79 Å². The third kappa shape index (κ3) is 3.92. The third-order valence-electron chi connectivity index (χ3n) is 5.47. The molecule has 1 atom stereocenters. The molecule has 8 nitrogen and oxygen atoms in total. The molecule has 0 bridgehead atoms. The molecule has 1 aromatic rings. The number of rotatable bonds is 5. The van der Waals surface area contributed by atoms with Gasteiger partial charge in [0.05, 0.1) is 23.0 Å². The lowest BCUT2D eigenvalue weighted by Gasteiger charge is -2.35. The van der Waals surface area contributed by atoms with E-state index in [-0.39, 0.29) is 35.6 Å². The van der Waals surface area contributed by atoms with Crippen LogP contribution in [0, 0.1) is 5.41 Å². The number of sulfonamides is 1. The number of esters is 2. The van der Waals surface area contributed by atoms with E-state index in [1.54, 1.807) is 0 Å². The van der Waals surface area contributed by atoms with Crippen molar-refractivity contribution in [3.63, 3.8) is 0 Å². The number of nitrogens with zero attached hydrogens (tertiary/aromatic N) is 2. The standard InChI is InChI=1S/C19H26N2O6S/c1-20(2)13-15-12-19(18(23)27-15)7-9-21(10-8-19)28(24,25)16-6-4-5-14(11-16)17(22)26-3/h4-6,11,15H,7-10,12-13H2,1-3H3. The molecule has 0 saturated carbocycles. The monoisotopic (exact) mass is 410 g/mol. The van der Waals surface area contributed by atoms with Gasteiger partial charge in [-0.1, -0.05) is 6.07 Å². The number of carbonyl (C=O) groups is 2. The van der Waals surface area contributed by atoms with Crippen LogP contribution in [0.1, 0.15) is 29.6 Å². The molecule has 3 rings (SSSR count). The smallest absolute Gasteiger partial charge is 0.337 e. The van der Waals surface area contributed by atoms with Crippen LogP contribution in [0.15, 0.2) is 29.2 Å². The largest absolute Gasteiger partial charge is 0.465 e. The molecule has 28 heavy (non-hydrogen) atoms. The van der Waals surface area contributed by atoms with Gasteiger partial charge in [0, 0.05) is 26.1 Å². The van der Waals surface area contributed by atoms with Crippen LogP contribution >= 0.6 is 0 Å². The van der Waals surface area contributed by atoms with E-state index in [0.717, 1.165) is 0 Å². The topological polar surface area (TPSA) is 93.2 Å². The summed E-state index contributed by atoms with van der Waals surface area (Å²) in [6.45, 7) is 1.15. The summed E-state index contributed by atoms with van der Waals surface area (Å²) in [5.41, 5.74) is -0.413. The highest BCUT2D eigenvalue weighted by Crippen LogP contribution is 2.44. The van der Waals surface area contributed by atoms with Gasteiger partial charge < -0.3 is 14.4 Å². The lowest BCUT2D eigenvalue weighted by molar-refractivity contribution is -0.150. The van der Waals surface area contributed by atoms with Crippen LogP contribution in [0.5, 0.6) is 0 Å². The van der Waals surface area contributed by atoms with Gasteiger partial charge >= 0.3 is 11.9 Å². The summed E-state index contributed by atoms with van der Waals surface area (Å²) in [4.78, 5) is 26.2. The first-order valence-electron chi connectivity index (χ1n) is 9.22. The van der Waals surface area contributed by atoms with Crippen molar-refractivity contribution < 1.29 is 27.5 Å². The Morgan fingerprint density at radius 2 is 2.00 bits per heavy atom. The molecule has 1 spiro atoms. The van der Waals surface area contributed by atoms with Gasteiger partial charge in [0.2, 0.25) is 10.0 Å². The highest BCUT2D eigenvalue weighted by Gasteiger charge is 2.51. The van der Waals surface area contributed by atoms with Crippen molar-refractivity contribution in [2.75, 3.05) is 40.8 Å². The number of ether oxygens (including phenoxy) is 2. The zero-order valence-electron chi connectivity index (χ0n) is 16.4. The minimum absolute atomic E-state index is 0.0471. The van der Waals surface area contributed by atoms with Crippen LogP contribution in [-0.4, -0.2) is 76.5 Å². The van der Waals surface area contributed by atoms with E-state index >= 15 is 0 Å².